The van der Waals surface area contributed by atoms with E-state index in [-0.39, 0.29) is 18.9 Å². The first-order valence-corrected chi connectivity index (χ1v) is 2.39. The quantitative estimate of drug-likeness (QED) is 0.277. The Bertz CT molecular complexity index is 152. The predicted octanol–water partition coefficient (Wildman–Crippen LogP) is -1.82. The van der Waals surface area contributed by atoms with Crippen molar-refractivity contribution in [3.8, 4) is 0 Å². The summed E-state index contributed by atoms with van der Waals surface area (Å²) in [5.41, 5.74) is -0.970. The number of nitrogens with one attached hydrogen (secondary N) is 2. The van der Waals surface area contributed by atoms with Crippen molar-refractivity contribution in [3.05, 3.63) is 11.8 Å². The summed E-state index contributed by atoms with van der Waals surface area (Å²) in [6.45, 7) is 0. The number of hydrogen-bond acceptors (Lipinski definition) is 2. The molecule has 0 fully saturated rings. The van der Waals surface area contributed by atoms with Crippen molar-refractivity contribution in [2.45, 2.75) is 6.18 Å². The van der Waals surface area contributed by atoms with Crippen LogP contribution in [0.1, 0.15) is 0 Å². The average Bonchev–Trinajstić information content (AvgIpc) is 1.80. The molecule has 0 aliphatic carbocycles. The summed E-state index contributed by atoms with van der Waals surface area (Å²) < 4.78 is 35.0. The summed E-state index contributed by atoms with van der Waals surface area (Å²) in [6.07, 6.45) is -2.36. The summed E-state index contributed by atoms with van der Waals surface area (Å²) >= 11 is 0. The van der Waals surface area contributed by atoms with Crippen LogP contribution in [0, 0.1) is 5.41 Å². The summed E-state index contributed by atoms with van der Waals surface area (Å²) in [5.74, 6) is 0. The van der Waals surface area contributed by atoms with Gasteiger partial charge in [0.2, 0.25) is 0 Å². The van der Waals surface area contributed by atoms with Gasteiger partial charge >= 0.3 is 25.0 Å². The van der Waals surface area contributed by atoms with E-state index in [1.54, 1.807) is 0 Å². The normalized spacial score (nSPS) is 11.8. The van der Waals surface area contributed by atoms with Crippen LogP contribution in [-0.4, -0.2) is 19.4 Å². The monoisotopic (exact) mass is 158 g/mol. The molecule has 0 amide bonds. The minimum Gasteiger partial charge on any atom is -0.460 e. The summed E-state index contributed by atoms with van der Waals surface area (Å²) in [7, 11) is 1.14. The van der Waals surface area contributed by atoms with Crippen LogP contribution in [0.25, 0.3) is 0 Å². The Morgan fingerprint density at radius 1 is 1.55 bits per heavy atom. The standard InChI is InChI=1S/C5H6F3N2.Li/c1-10-4(2-3-9)5(6,7)8;/h2,9-10H,1H3;/q-1;+1/b4-2-;. The van der Waals surface area contributed by atoms with Gasteiger partial charge in [-0.1, -0.05) is 0 Å². The molecule has 0 saturated carbocycles. The molecule has 0 radical (unpaired) electrons. The van der Waals surface area contributed by atoms with Crippen LogP contribution < -0.4 is 24.2 Å². The Morgan fingerprint density at radius 3 is 2.09 bits per heavy atom. The van der Waals surface area contributed by atoms with Crippen molar-refractivity contribution < 1.29 is 32.0 Å². The van der Waals surface area contributed by atoms with Crippen molar-refractivity contribution in [2.24, 2.45) is 0 Å². The number of halogens is 3. The molecule has 0 aliphatic rings. The Morgan fingerprint density at radius 2 is 2.00 bits per heavy atom. The van der Waals surface area contributed by atoms with Gasteiger partial charge in [0.25, 0.3) is 0 Å². The molecule has 0 aromatic heterocycles. The molecule has 2 nitrogen and oxygen atoms in total. The van der Waals surface area contributed by atoms with E-state index in [0.29, 0.717) is 6.08 Å². The van der Waals surface area contributed by atoms with Crippen LogP contribution in [0.3, 0.4) is 0 Å². The number of allylic oxidation sites excluding steroid dienone is 2. The second kappa shape index (κ2) is 5.27. The molecule has 2 N–H and O–H groups in total. The van der Waals surface area contributed by atoms with E-state index >= 15 is 0 Å². The van der Waals surface area contributed by atoms with Gasteiger partial charge in [-0.15, -0.1) is 0 Å². The van der Waals surface area contributed by atoms with Gasteiger partial charge in [-0.25, -0.2) is 0 Å². The SMILES string of the molecule is CN/C(=C\[C-]=N)C(F)(F)F.[Li+]. The largest absolute Gasteiger partial charge is 1.00 e. The fourth-order valence-corrected chi connectivity index (χ4v) is 0.368. The van der Waals surface area contributed by atoms with E-state index in [9.17, 15) is 13.2 Å². The fourth-order valence-electron chi connectivity index (χ4n) is 0.368. The molecule has 6 heteroatoms. The van der Waals surface area contributed by atoms with Gasteiger partial charge in [-0.3, -0.25) is 0 Å². The van der Waals surface area contributed by atoms with Crippen LogP contribution in [0.5, 0.6) is 0 Å². The van der Waals surface area contributed by atoms with Crippen LogP contribution >= 0.6 is 0 Å². The third kappa shape index (κ3) is 4.93. The minimum atomic E-state index is -4.41. The first-order chi connectivity index (χ1) is 4.52. The Balaban J connectivity index is 0. The van der Waals surface area contributed by atoms with Crippen molar-refractivity contribution >= 4 is 6.21 Å². The molecule has 0 spiro atoms. The van der Waals surface area contributed by atoms with Crippen molar-refractivity contribution in [1.29, 1.82) is 5.41 Å². The molecule has 0 aromatic rings. The van der Waals surface area contributed by atoms with Crippen LogP contribution in [-0.2, 0) is 0 Å². The molecule has 0 saturated heterocycles. The number of hydrogen-bond donors (Lipinski definition) is 2. The first-order valence-electron chi connectivity index (χ1n) is 2.39. The molecule has 0 atom stereocenters. The van der Waals surface area contributed by atoms with E-state index < -0.39 is 11.9 Å². The average molecular weight is 158 g/mol. The zero-order chi connectivity index (χ0) is 8.20. The van der Waals surface area contributed by atoms with Gasteiger partial charge in [0.15, 0.2) is 0 Å². The first kappa shape index (κ1) is 13.2. The van der Waals surface area contributed by atoms with E-state index in [4.69, 9.17) is 5.41 Å². The Hall–Kier alpha value is -0.403. The van der Waals surface area contributed by atoms with Crippen molar-refractivity contribution in [3.63, 3.8) is 0 Å². The zero-order valence-corrected chi connectivity index (χ0v) is 6.21. The summed E-state index contributed by atoms with van der Waals surface area (Å²) in [5, 5.41) is 8.15. The smallest absolute Gasteiger partial charge is 0.460 e. The molecule has 0 rings (SSSR count). The van der Waals surface area contributed by atoms with E-state index in [2.05, 4.69) is 0 Å². The molecule has 11 heavy (non-hydrogen) atoms. The minimum absolute atomic E-state index is 0. The van der Waals surface area contributed by atoms with Gasteiger partial charge in [0, 0.05) is 0 Å². The van der Waals surface area contributed by atoms with Gasteiger partial charge in [0.05, 0.1) is 0 Å². The number of rotatable bonds is 2. The van der Waals surface area contributed by atoms with Gasteiger partial charge < -0.3 is 10.7 Å². The maximum atomic E-state index is 11.7. The molecule has 58 valence electrons. The van der Waals surface area contributed by atoms with Crippen molar-refractivity contribution in [1.82, 2.24) is 5.32 Å². The second-order valence-corrected chi connectivity index (χ2v) is 1.45. The third-order valence-electron chi connectivity index (χ3n) is 0.791. The van der Waals surface area contributed by atoms with Gasteiger partial charge in [0.1, 0.15) is 0 Å². The molecule has 0 aromatic carbocycles. The second-order valence-electron chi connectivity index (χ2n) is 1.45. The fraction of sp³-hybridized carbons (Fsp3) is 0.400. The van der Waals surface area contributed by atoms with Crippen LogP contribution in [0.15, 0.2) is 11.8 Å². The summed E-state index contributed by atoms with van der Waals surface area (Å²) in [4.78, 5) is 0. The molecule has 0 heterocycles. The maximum absolute atomic E-state index is 11.7. The topological polar surface area (TPSA) is 35.9 Å². The van der Waals surface area contributed by atoms with Crippen LogP contribution in [0.2, 0.25) is 0 Å². The number of alkyl halides is 3. The predicted molar refractivity (Wildman–Crippen MR) is 30.9 cm³/mol. The Labute approximate surface area is 74.5 Å². The van der Waals surface area contributed by atoms with E-state index in [0.717, 1.165) is 7.05 Å². The molecular weight excluding hydrogens is 152 g/mol. The zero-order valence-electron chi connectivity index (χ0n) is 6.21. The van der Waals surface area contributed by atoms with Crippen LogP contribution in [0.4, 0.5) is 13.2 Å². The third-order valence-corrected chi connectivity index (χ3v) is 0.791. The van der Waals surface area contributed by atoms with E-state index in [1.807, 2.05) is 5.32 Å². The van der Waals surface area contributed by atoms with E-state index in [1.165, 1.54) is 6.21 Å². The Kier molecular flexibility index (Phi) is 6.33. The van der Waals surface area contributed by atoms with Gasteiger partial charge in [-0.05, 0) is 12.7 Å². The van der Waals surface area contributed by atoms with Crippen molar-refractivity contribution in [2.75, 3.05) is 7.05 Å². The molecule has 0 aliphatic heterocycles. The summed E-state index contributed by atoms with van der Waals surface area (Å²) in [6, 6.07) is 0. The molecule has 0 bridgehead atoms. The molecule has 0 unspecified atom stereocenters. The maximum Gasteiger partial charge on any atom is 1.00 e. The molecular formula is C5H6F3LiN2. The van der Waals surface area contributed by atoms with Gasteiger partial charge in [-0.2, -0.15) is 25.5 Å².